The molecule has 0 aliphatic carbocycles. The Morgan fingerprint density at radius 3 is 2.65 bits per heavy atom. The van der Waals surface area contributed by atoms with Crippen molar-refractivity contribution in [3.05, 3.63) is 35.6 Å². The Bertz CT molecular complexity index is 586. The Hall–Kier alpha value is -1.47. The Balaban J connectivity index is 2.06. The topological polar surface area (TPSA) is 66.5 Å². The summed E-state index contributed by atoms with van der Waals surface area (Å²) in [5.74, 6) is -0.672. The Labute approximate surface area is 117 Å². The zero-order valence-electron chi connectivity index (χ0n) is 11.2. The first-order valence-electron chi connectivity index (χ1n) is 6.47. The number of sulfonamides is 1. The Morgan fingerprint density at radius 1 is 1.40 bits per heavy atom. The average Bonchev–Trinajstić information content (AvgIpc) is 2.89. The van der Waals surface area contributed by atoms with E-state index in [9.17, 15) is 17.6 Å². The summed E-state index contributed by atoms with van der Waals surface area (Å²) in [6, 6.07) is 5.25. The van der Waals surface area contributed by atoms with E-state index in [0.29, 0.717) is 25.1 Å². The van der Waals surface area contributed by atoms with Crippen LogP contribution < -0.4 is 4.72 Å². The zero-order valence-corrected chi connectivity index (χ0v) is 12.0. The molecule has 1 fully saturated rings. The number of amides is 1. The molecule has 0 aromatic heterocycles. The molecule has 1 atom stereocenters. The number of carbonyl (C=O) groups excluding carboxylic acids is 1. The summed E-state index contributed by atoms with van der Waals surface area (Å²) in [6.45, 7) is 2.62. The van der Waals surface area contributed by atoms with Gasteiger partial charge < -0.3 is 4.90 Å². The number of benzene rings is 1. The Kier molecular flexibility index (Phi) is 4.39. The fraction of sp³-hybridized carbons (Fsp3) is 0.462. The molecular weight excluding hydrogens is 283 g/mol. The number of carbonyl (C=O) groups is 1. The van der Waals surface area contributed by atoms with Crippen LogP contribution in [0.3, 0.4) is 0 Å². The molecule has 1 saturated heterocycles. The molecule has 1 amide bonds. The molecule has 5 nitrogen and oxygen atoms in total. The van der Waals surface area contributed by atoms with Crippen molar-refractivity contribution >= 4 is 15.9 Å². The molecule has 0 bridgehead atoms. The monoisotopic (exact) mass is 300 g/mol. The fourth-order valence-electron chi connectivity index (χ4n) is 2.26. The number of halogens is 1. The third-order valence-electron chi connectivity index (χ3n) is 3.31. The minimum absolute atomic E-state index is 0.172. The van der Waals surface area contributed by atoms with Crippen molar-refractivity contribution in [3.8, 4) is 0 Å². The highest BCUT2D eigenvalue weighted by Gasteiger charge is 2.34. The van der Waals surface area contributed by atoms with Gasteiger partial charge in [-0.3, -0.25) is 4.79 Å². The summed E-state index contributed by atoms with van der Waals surface area (Å²) >= 11 is 0. The van der Waals surface area contributed by atoms with Gasteiger partial charge in [0.1, 0.15) is 5.82 Å². The van der Waals surface area contributed by atoms with Crippen LogP contribution in [-0.4, -0.2) is 44.1 Å². The molecule has 1 aliphatic heterocycles. The minimum atomic E-state index is -3.37. The molecule has 1 heterocycles. The van der Waals surface area contributed by atoms with Crippen LogP contribution in [0.25, 0.3) is 0 Å². The van der Waals surface area contributed by atoms with Crippen LogP contribution in [0.2, 0.25) is 0 Å². The van der Waals surface area contributed by atoms with Crippen LogP contribution in [0.15, 0.2) is 24.3 Å². The second kappa shape index (κ2) is 5.88. The van der Waals surface area contributed by atoms with Crippen LogP contribution in [0.4, 0.5) is 4.39 Å². The van der Waals surface area contributed by atoms with E-state index >= 15 is 0 Å². The summed E-state index contributed by atoms with van der Waals surface area (Å²) in [5, 5.41) is -0.577. The maximum atomic E-state index is 12.8. The van der Waals surface area contributed by atoms with Crippen LogP contribution in [0, 0.1) is 5.82 Å². The maximum absolute atomic E-state index is 12.8. The molecule has 1 aromatic carbocycles. The molecule has 2 rings (SSSR count). The molecule has 110 valence electrons. The van der Waals surface area contributed by atoms with Gasteiger partial charge >= 0.3 is 0 Å². The van der Waals surface area contributed by atoms with Crippen molar-refractivity contribution in [1.82, 2.24) is 9.62 Å². The molecule has 0 saturated carbocycles. The van der Waals surface area contributed by atoms with Crippen LogP contribution in [0.1, 0.15) is 23.7 Å². The van der Waals surface area contributed by atoms with Gasteiger partial charge in [-0.25, -0.2) is 17.5 Å². The van der Waals surface area contributed by atoms with E-state index in [-0.39, 0.29) is 12.5 Å². The third kappa shape index (κ3) is 3.16. The van der Waals surface area contributed by atoms with E-state index in [1.165, 1.54) is 29.2 Å². The first-order chi connectivity index (χ1) is 9.44. The summed E-state index contributed by atoms with van der Waals surface area (Å²) in [6.07, 6.45) is 0.419. The standard InChI is InChI=1S/C13H17FN2O3S/c1-2-15-20(18,19)12-7-8-16(9-12)13(17)10-3-5-11(14)6-4-10/h3-6,12,15H,2,7-9H2,1H3/t12-/m0/s1. The Morgan fingerprint density at radius 2 is 2.05 bits per heavy atom. The largest absolute Gasteiger partial charge is 0.337 e. The maximum Gasteiger partial charge on any atom is 0.253 e. The van der Waals surface area contributed by atoms with Gasteiger partial charge in [0, 0.05) is 25.2 Å². The SMILES string of the molecule is CCNS(=O)(=O)[C@H]1CCN(C(=O)c2ccc(F)cc2)C1. The summed E-state index contributed by atoms with van der Waals surface area (Å²) < 4.78 is 39.0. The van der Waals surface area contributed by atoms with E-state index in [2.05, 4.69) is 4.72 Å². The number of likely N-dealkylation sites (tertiary alicyclic amines) is 1. The van der Waals surface area contributed by atoms with Crippen molar-refractivity contribution in [1.29, 1.82) is 0 Å². The number of nitrogens with one attached hydrogen (secondary N) is 1. The predicted octanol–water partition coefficient (Wildman–Crippen LogP) is 0.979. The van der Waals surface area contributed by atoms with E-state index in [4.69, 9.17) is 0 Å². The molecule has 20 heavy (non-hydrogen) atoms. The van der Waals surface area contributed by atoms with Crippen LogP contribution in [0.5, 0.6) is 0 Å². The zero-order chi connectivity index (χ0) is 14.8. The van der Waals surface area contributed by atoms with Crippen LogP contribution in [-0.2, 0) is 10.0 Å². The van der Waals surface area contributed by atoms with Crippen molar-refractivity contribution in [3.63, 3.8) is 0 Å². The molecule has 0 spiro atoms. The van der Waals surface area contributed by atoms with E-state index in [1.807, 2.05) is 0 Å². The van der Waals surface area contributed by atoms with Crippen molar-refractivity contribution in [2.45, 2.75) is 18.6 Å². The van der Waals surface area contributed by atoms with Gasteiger partial charge in [-0.05, 0) is 30.7 Å². The highest BCUT2D eigenvalue weighted by molar-refractivity contribution is 7.90. The van der Waals surface area contributed by atoms with Gasteiger partial charge in [-0.2, -0.15) is 0 Å². The van der Waals surface area contributed by atoms with Crippen molar-refractivity contribution in [2.75, 3.05) is 19.6 Å². The molecule has 1 N–H and O–H groups in total. The summed E-state index contributed by atoms with van der Waals surface area (Å²) in [4.78, 5) is 13.7. The number of nitrogens with zero attached hydrogens (tertiary/aromatic N) is 1. The van der Waals surface area contributed by atoms with E-state index in [1.54, 1.807) is 6.92 Å². The van der Waals surface area contributed by atoms with Crippen molar-refractivity contribution in [2.24, 2.45) is 0 Å². The second-order valence-electron chi connectivity index (χ2n) is 4.71. The fourth-order valence-corrected chi connectivity index (χ4v) is 3.69. The molecule has 1 aromatic rings. The summed E-state index contributed by atoms with van der Waals surface area (Å²) in [7, 11) is -3.37. The molecule has 7 heteroatoms. The second-order valence-corrected chi connectivity index (χ2v) is 6.76. The van der Waals surface area contributed by atoms with Gasteiger partial charge in [0.15, 0.2) is 0 Å². The quantitative estimate of drug-likeness (QED) is 0.901. The first kappa shape index (κ1) is 14.9. The summed E-state index contributed by atoms with van der Waals surface area (Å²) in [5.41, 5.74) is 0.368. The lowest BCUT2D eigenvalue weighted by molar-refractivity contribution is 0.0793. The van der Waals surface area contributed by atoms with Gasteiger partial charge in [-0.1, -0.05) is 6.92 Å². The molecular formula is C13H17FN2O3S. The number of hydrogen-bond acceptors (Lipinski definition) is 3. The average molecular weight is 300 g/mol. The number of hydrogen-bond donors (Lipinski definition) is 1. The van der Waals surface area contributed by atoms with Crippen molar-refractivity contribution < 1.29 is 17.6 Å². The van der Waals surface area contributed by atoms with Gasteiger partial charge in [0.25, 0.3) is 5.91 Å². The van der Waals surface area contributed by atoms with E-state index in [0.717, 1.165) is 0 Å². The molecule has 1 aliphatic rings. The predicted molar refractivity (Wildman–Crippen MR) is 73.3 cm³/mol. The van der Waals surface area contributed by atoms with E-state index < -0.39 is 21.1 Å². The highest BCUT2D eigenvalue weighted by atomic mass is 32.2. The van der Waals surface area contributed by atoms with Gasteiger partial charge in [-0.15, -0.1) is 0 Å². The molecule has 0 unspecified atom stereocenters. The van der Waals surface area contributed by atoms with Gasteiger partial charge in [0.05, 0.1) is 5.25 Å². The first-order valence-corrected chi connectivity index (χ1v) is 8.02. The molecule has 0 radical (unpaired) electrons. The lowest BCUT2D eigenvalue weighted by Gasteiger charge is -2.16. The smallest absolute Gasteiger partial charge is 0.253 e. The lowest BCUT2D eigenvalue weighted by atomic mass is 10.2. The third-order valence-corrected chi connectivity index (χ3v) is 5.26. The van der Waals surface area contributed by atoms with Gasteiger partial charge in [0.2, 0.25) is 10.0 Å². The minimum Gasteiger partial charge on any atom is -0.337 e. The lowest BCUT2D eigenvalue weighted by Crippen LogP contribution is -2.37. The highest BCUT2D eigenvalue weighted by Crippen LogP contribution is 2.18. The normalized spacial score (nSPS) is 19.3. The number of rotatable bonds is 4. The van der Waals surface area contributed by atoms with Crippen LogP contribution >= 0.6 is 0 Å².